The van der Waals surface area contributed by atoms with Crippen molar-refractivity contribution in [3.63, 3.8) is 0 Å². The zero-order chi connectivity index (χ0) is 14.7. The molecule has 0 saturated heterocycles. The summed E-state index contributed by atoms with van der Waals surface area (Å²) in [6, 6.07) is 7.31. The number of amides is 1. The van der Waals surface area contributed by atoms with E-state index in [0.29, 0.717) is 5.82 Å². The van der Waals surface area contributed by atoms with Gasteiger partial charge in [0.25, 0.3) is 0 Å². The summed E-state index contributed by atoms with van der Waals surface area (Å²) in [5.41, 5.74) is 7.04. The molecule has 3 rings (SSSR count). The number of nitrogens with two attached hydrogens (primary N) is 1. The van der Waals surface area contributed by atoms with Crippen molar-refractivity contribution >= 4 is 11.6 Å². The van der Waals surface area contributed by atoms with E-state index in [-0.39, 0.29) is 5.91 Å². The molecule has 1 amide bonds. The Bertz CT molecular complexity index is 601. The number of nitrogens with zero attached hydrogens (tertiary/aromatic N) is 2. The fourth-order valence-electron chi connectivity index (χ4n) is 2.67. The average Bonchev–Trinajstić information content (AvgIpc) is 3.03. The third-order valence-corrected chi connectivity index (χ3v) is 3.96. The molecule has 1 saturated carbocycles. The van der Waals surface area contributed by atoms with Crippen LogP contribution in [-0.2, 0) is 4.79 Å². The Balaban J connectivity index is 1.69. The van der Waals surface area contributed by atoms with E-state index in [1.54, 1.807) is 0 Å². The van der Waals surface area contributed by atoms with Crippen LogP contribution >= 0.6 is 0 Å². The largest absolute Gasteiger partial charge is 0.342 e. The number of carbonyl (C=O) groups excluding carboxylic acids is 1. The molecule has 0 unspecified atom stereocenters. The van der Waals surface area contributed by atoms with Crippen LogP contribution in [0.2, 0.25) is 0 Å². The summed E-state index contributed by atoms with van der Waals surface area (Å²) in [5, 5.41) is 6.66. The van der Waals surface area contributed by atoms with Crippen LogP contribution in [-0.4, -0.2) is 21.6 Å². The Morgan fingerprint density at radius 2 is 1.90 bits per heavy atom. The van der Waals surface area contributed by atoms with Gasteiger partial charge in [-0.05, 0) is 37.1 Å². The summed E-state index contributed by atoms with van der Waals surface area (Å²) in [4.78, 5) is 16.3. The van der Waals surface area contributed by atoms with Crippen molar-refractivity contribution in [3.05, 3.63) is 30.7 Å². The van der Waals surface area contributed by atoms with Crippen molar-refractivity contribution in [2.24, 2.45) is 5.73 Å². The molecule has 1 fully saturated rings. The SMILES string of the molecule is NC1(C(=O)Nc2ccc(-c3ncon3)cc2)CCCCC1. The molecule has 0 atom stereocenters. The molecule has 1 aromatic carbocycles. The van der Waals surface area contributed by atoms with Crippen molar-refractivity contribution in [2.75, 3.05) is 5.32 Å². The van der Waals surface area contributed by atoms with Crippen molar-refractivity contribution in [1.29, 1.82) is 0 Å². The maximum Gasteiger partial charge on any atom is 0.244 e. The van der Waals surface area contributed by atoms with Gasteiger partial charge in [0, 0.05) is 11.3 Å². The third kappa shape index (κ3) is 2.95. The predicted molar refractivity (Wildman–Crippen MR) is 78.4 cm³/mol. The van der Waals surface area contributed by atoms with Crippen LogP contribution in [0.1, 0.15) is 32.1 Å². The topological polar surface area (TPSA) is 94.0 Å². The van der Waals surface area contributed by atoms with Crippen molar-refractivity contribution in [1.82, 2.24) is 10.1 Å². The second-order valence-corrected chi connectivity index (χ2v) is 5.50. The molecule has 0 spiro atoms. The number of carbonyl (C=O) groups is 1. The molecule has 3 N–H and O–H groups in total. The number of rotatable bonds is 3. The van der Waals surface area contributed by atoms with Crippen molar-refractivity contribution in [3.8, 4) is 11.4 Å². The molecule has 0 bridgehead atoms. The lowest BCUT2D eigenvalue weighted by Gasteiger charge is -2.31. The lowest BCUT2D eigenvalue weighted by atomic mass is 9.82. The molecular formula is C15H18N4O2. The minimum Gasteiger partial charge on any atom is -0.342 e. The normalized spacial score (nSPS) is 17.4. The van der Waals surface area contributed by atoms with Gasteiger partial charge in [-0.15, -0.1) is 0 Å². The summed E-state index contributed by atoms with van der Waals surface area (Å²) < 4.78 is 4.71. The predicted octanol–water partition coefficient (Wildman–Crippen LogP) is 2.34. The molecule has 1 aromatic heterocycles. The first-order valence-electron chi connectivity index (χ1n) is 7.14. The number of aromatic nitrogens is 2. The molecule has 1 aliphatic carbocycles. The van der Waals surface area contributed by atoms with Crippen LogP contribution in [0.3, 0.4) is 0 Å². The zero-order valence-electron chi connectivity index (χ0n) is 11.7. The number of nitrogens with one attached hydrogen (secondary N) is 1. The van der Waals surface area contributed by atoms with Crippen LogP contribution in [0.15, 0.2) is 35.2 Å². The summed E-state index contributed by atoms with van der Waals surface area (Å²) in [6.45, 7) is 0. The van der Waals surface area contributed by atoms with Gasteiger partial charge in [0.1, 0.15) is 0 Å². The molecule has 6 heteroatoms. The van der Waals surface area contributed by atoms with Gasteiger partial charge in [0.15, 0.2) is 0 Å². The van der Waals surface area contributed by atoms with Crippen molar-refractivity contribution in [2.45, 2.75) is 37.6 Å². The number of benzene rings is 1. The quantitative estimate of drug-likeness (QED) is 0.903. The first-order chi connectivity index (χ1) is 10.2. The van der Waals surface area contributed by atoms with Gasteiger partial charge in [-0.25, -0.2) is 0 Å². The fraction of sp³-hybridized carbons (Fsp3) is 0.400. The molecule has 110 valence electrons. The van der Waals surface area contributed by atoms with E-state index in [0.717, 1.165) is 43.4 Å². The van der Waals surface area contributed by atoms with E-state index in [1.807, 2.05) is 24.3 Å². The Labute approximate surface area is 122 Å². The van der Waals surface area contributed by atoms with Crippen LogP contribution in [0.5, 0.6) is 0 Å². The van der Waals surface area contributed by atoms with E-state index in [1.165, 1.54) is 6.39 Å². The molecule has 0 aliphatic heterocycles. The molecular weight excluding hydrogens is 268 g/mol. The number of hydrogen-bond donors (Lipinski definition) is 2. The minimum atomic E-state index is -0.732. The summed E-state index contributed by atoms with van der Waals surface area (Å²) in [6.07, 6.45) is 5.97. The van der Waals surface area contributed by atoms with Gasteiger partial charge in [-0.1, -0.05) is 24.4 Å². The smallest absolute Gasteiger partial charge is 0.244 e. The summed E-state index contributed by atoms with van der Waals surface area (Å²) >= 11 is 0. The molecule has 0 radical (unpaired) electrons. The number of hydrogen-bond acceptors (Lipinski definition) is 5. The van der Waals surface area contributed by atoms with Crippen LogP contribution in [0.4, 0.5) is 5.69 Å². The number of anilines is 1. The fourth-order valence-corrected chi connectivity index (χ4v) is 2.67. The van der Waals surface area contributed by atoms with Gasteiger partial charge >= 0.3 is 0 Å². The summed E-state index contributed by atoms with van der Waals surface area (Å²) in [7, 11) is 0. The maximum absolute atomic E-state index is 12.3. The second kappa shape index (κ2) is 5.65. The zero-order valence-corrected chi connectivity index (χ0v) is 11.7. The van der Waals surface area contributed by atoms with E-state index in [2.05, 4.69) is 15.5 Å². The van der Waals surface area contributed by atoms with Gasteiger partial charge in [-0.2, -0.15) is 4.98 Å². The lowest BCUT2D eigenvalue weighted by Crippen LogP contribution is -2.52. The van der Waals surface area contributed by atoms with Crippen molar-refractivity contribution < 1.29 is 9.32 Å². The highest BCUT2D eigenvalue weighted by Crippen LogP contribution is 2.27. The first-order valence-corrected chi connectivity index (χ1v) is 7.14. The van der Waals surface area contributed by atoms with E-state index in [9.17, 15) is 4.79 Å². The minimum absolute atomic E-state index is 0.102. The standard InChI is InChI=1S/C15H18N4O2/c16-15(8-2-1-3-9-15)14(20)18-12-6-4-11(5-7-12)13-17-10-21-19-13/h4-7,10H,1-3,8-9,16H2,(H,18,20). The van der Waals surface area contributed by atoms with E-state index < -0.39 is 5.54 Å². The molecule has 6 nitrogen and oxygen atoms in total. The van der Waals surface area contributed by atoms with Gasteiger partial charge < -0.3 is 15.6 Å². The van der Waals surface area contributed by atoms with Gasteiger partial charge in [0.05, 0.1) is 5.54 Å². The Hall–Kier alpha value is -2.21. The lowest BCUT2D eigenvalue weighted by molar-refractivity contribution is -0.122. The Kier molecular flexibility index (Phi) is 3.70. The Morgan fingerprint density at radius 1 is 1.19 bits per heavy atom. The molecule has 1 aliphatic rings. The van der Waals surface area contributed by atoms with E-state index >= 15 is 0 Å². The van der Waals surface area contributed by atoms with Crippen LogP contribution in [0.25, 0.3) is 11.4 Å². The monoisotopic (exact) mass is 286 g/mol. The average molecular weight is 286 g/mol. The second-order valence-electron chi connectivity index (χ2n) is 5.50. The summed E-state index contributed by atoms with van der Waals surface area (Å²) in [5.74, 6) is 0.421. The van der Waals surface area contributed by atoms with Crippen LogP contribution in [0, 0.1) is 0 Å². The van der Waals surface area contributed by atoms with Gasteiger partial charge in [0.2, 0.25) is 18.1 Å². The highest BCUT2D eigenvalue weighted by Gasteiger charge is 2.35. The first kappa shape index (κ1) is 13.8. The molecule has 21 heavy (non-hydrogen) atoms. The van der Waals surface area contributed by atoms with Gasteiger partial charge in [-0.3, -0.25) is 4.79 Å². The third-order valence-electron chi connectivity index (χ3n) is 3.96. The highest BCUT2D eigenvalue weighted by molar-refractivity contribution is 5.98. The molecule has 1 heterocycles. The van der Waals surface area contributed by atoms with E-state index in [4.69, 9.17) is 10.3 Å². The maximum atomic E-state index is 12.3. The molecule has 2 aromatic rings. The Morgan fingerprint density at radius 3 is 2.52 bits per heavy atom. The van der Waals surface area contributed by atoms with Crippen LogP contribution < -0.4 is 11.1 Å². The highest BCUT2D eigenvalue weighted by atomic mass is 16.5.